The number of carbonyl (C=O) groups is 1. The molecule has 1 aliphatic carbocycles. The summed E-state index contributed by atoms with van der Waals surface area (Å²) in [7, 11) is 3.29. The van der Waals surface area contributed by atoms with Crippen LogP contribution < -0.4 is 20.2 Å². The Labute approximate surface area is 187 Å². The lowest BCUT2D eigenvalue weighted by Gasteiger charge is -2.27. The zero-order valence-electron chi connectivity index (χ0n) is 19.3. The highest BCUT2D eigenvalue weighted by atomic mass is 16.5. The van der Waals surface area contributed by atoms with Gasteiger partial charge >= 0.3 is 0 Å². The minimum atomic E-state index is -0.0428. The minimum absolute atomic E-state index is 0.0416. The van der Waals surface area contributed by atoms with E-state index in [4.69, 9.17) is 9.47 Å². The monoisotopic (exact) mass is 429 g/mol. The van der Waals surface area contributed by atoms with Crippen LogP contribution in [0, 0.1) is 0 Å². The van der Waals surface area contributed by atoms with Gasteiger partial charge in [-0.25, -0.2) is 5.43 Å². The summed E-state index contributed by atoms with van der Waals surface area (Å²) in [6, 6.07) is 3.99. The number of hydrogen-bond donors (Lipinski definition) is 2. The highest BCUT2D eigenvalue weighted by Gasteiger charge is 2.24. The number of methoxy groups -OCH3 is 2. The Balaban J connectivity index is 1.59. The summed E-state index contributed by atoms with van der Waals surface area (Å²) in [5, 5.41) is 8.01. The van der Waals surface area contributed by atoms with Gasteiger partial charge in [0, 0.05) is 18.2 Å². The fourth-order valence-electron chi connectivity index (χ4n) is 4.66. The number of fused-ring (bicyclic) bond motifs is 1. The van der Waals surface area contributed by atoms with Crippen LogP contribution in [0.4, 0.5) is 0 Å². The number of amides is 1. The predicted octanol–water partition coefficient (Wildman–Crippen LogP) is 5.06. The van der Waals surface area contributed by atoms with Gasteiger partial charge in [-0.1, -0.05) is 44.9 Å². The van der Waals surface area contributed by atoms with Gasteiger partial charge in [0.15, 0.2) is 11.5 Å². The Hall–Kier alpha value is -2.08. The number of nitrogens with one attached hydrogen (secondary N) is 2. The molecule has 0 bridgehead atoms. The van der Waals surface area contributed by atoms with E-state index in [9.17, 15) is 4.79 Å². The SMILES string of the molecule is COc1cc2c(cc1OC)C(CC(=O)NN=C1CCCCCCCCCCC1)NCC2. The Kier molecular flexibility index (Phi) is 9.66. The van der Waals surface area contributed by atoms with Gasteiger partial charge in [0.25, 0.3) is 0 Å². The van der Waals surface area contributed by atoms with Gasteiger partial charge in [0.1, 0.15) is 0 Å². The lowest BCUT2D eigenvalue weighted by atomic mass is 9.91. The highest BCUT2D eigenvalue weighted by Crippen LogP contribution is 2.36. The molecule has 1 amide bonds. The lowest BCUT2D eigenvalue weighted by Crippen LogP contribution is -2.34. The predicted molar refractivity (Wildman–Crippen MR) is 125 cm³/mol. The van der Waals surface area contributed by atoms with Crippen molar-refractivity contribution in [3.8, 4) is 11.5 Å². The van der Waals surface area contributed by atoms with E-state index in [1.165, 1.54) is 63.4 Å². The molecular formula is C25H39N3O3. The number of carbonyl (C=O) groups excluding carboxylic acids is 1. The average molecular weight is 430 g/mol. The van der Waals surface area contributed by atoms with Crippen LogP contribution in [0.2, 0.25) is 0 Å². The number of nitrogens with zero attached hydrogens (tertiary/aromatic N) is 1. The van der Waals surface area contributed by atoms with Crippen LogP contribution in [-0.2, 0) is 11.2 Å². The van der Waals surface area contributed by atoms with E-state index in [2.05, 4.69) is 15.8 Å². The Morgan fingerprint density at radius 1 is 0.935 bits per heavy atom. The van der Waals surface area contributed by atoms with Crippen molar-refractivity contribution in [1.82, 2.24) is 10.7 Å². The third-order valence-corrected chi connectivity index (χ3v) is 6.46. The molecule has 172 valence electrons. The fourth-order valence-corrected chi connectivity index (χ4v) is 4.66. The normalized spacial score (nSPS) is 20.6. The number of rotatable bonds is 5. The van der Waals surface area contributed by atoms with E-state index in [0.717, 1.165) is 42.8 Å². The van der Waals surface area contributed by atoms with Crippen molar-refractivity contribution in [2.45, 2.75) is 89.5 Å². The van der Waals surface area contributed by atoms with Gasteiger partial charge in [-0.2, -0.15) is 5.10 Å². The van der Waals surface area contributed by atoms with E-state index in [1.807, 2.05) is 12.1 Å². The van der Waals surface area contributed by atoms with Gasteiger partial charge < -0.3 is 14.8 Å². The average Bonchev–Trinajstić information content (AvgIpc) is 2.78. The molecule has 31 heavy (non-hydrogen) atoms. The molecule has 2 N–H and O–H groups in total. The third kappa shape index (κ3) is 7.23. The van der Waals surface area contributed by atoms with Crippen LogP contribution in [0.5, 0.6) is 11.5 Å². The standard InChI is InChI=1S/C25H39N3O3/c1-30-23-16-19-14-15-26-22(21(19)17-24(23)31-2)18-25(29)28-27-20-12-10-8-6-4-3-5-7-9-11-13-20/h16-17,22,26H,3-15,18H2,1-2H3,(H,28,29). The quantitative estimate of drug-likeness (QED) is 0.642. The van der Waals surface area contributed by atoms with Crippen molar-refractivity contribution in [3.05, 3.63) is 23.3 Å². The molecule has 1 fully saturated rings. The summed E-state index contributed by atoms with van der Waals surface area (Å²) in [4.78, 5) is 12.7. The zero-order valence-corrected chi connectivity index (χ0v) is 19.3. The summed E-state index contributed by atoms with van der Waals surface area (Å²) in [6.45, 7) is 0.842. The van der Waals surface area contributed by atoms with Crippen LogP contribution in [0.25, 0.3) is 0 Å². The first-order chi connectivity index (χ1) is 15.2. The maximum atomic E-state index is 12.7. The summed E-state index contributed by atoms with van der Waals surface area (Å²) < 4.78 is 10.9. The second-order valence-corrected chi connectivity index (χ2v) is 8.76. The molecule has 1 aliphatic heterocycles. The number of ether oxygens (including phenoxy) is 2. The van der Waals surface area contributed by atoms with Crippen LogP contribution in [-0.4, -0.2) is 32.4 Å². The number of hydrogen-bond acceptors (Lipinski definition) is 5. The molecule has 6 nitrogen and oxygen atoms in total. The molecule has 6 heteroatoms. The highest BCUT2D eigenvalue weighted by molar-refractivity contribution is 5.86. The molecule has 3 rings (SSSR count). The molecule has 0 saturated heterocycles. The van der Waals surface area contributed by atoms with Crippen molar-refractivity contribution in [2.75, 3.05) is 20.8 Å². The van der Waals surface area contributed by atoms with Crippen LogP contribution in [0.15, 0.2) is 17.2 Å². The molecule has 1 atom stereocenters. The van der Waals surface area contributed by atoms with E-state index in [-0.39, 0.29) is 11.9 Å². The van der Waals surface area contributed by atoms with E-state index in [0.29, 0.717) is 12.2 Å². The lowest BCUT2D eigenvalue weighted by molar-refractivity contribution is -0.121. The molecular weight excluding hydrogens is 390 g/mol. The molecule has 0 radical (unpaired) electrons. The van der Waals surface area contributed by atoms with Crippen molar-refractivity contribution in [3.63, 3.8) is 0 Å². The molecule has 1 aromatic carbocycles. The summed E-state index contributed by atoms with van der Waals surface area (Å²) in [5.74, 6) is 1.39. The molecule has 2 aliphatic rings. The maximum absolute atomic E-state index is 12.7. The van der Waals surface area contributed by atoms with Crippen molar-refractivity contribution in [1.29, 1.82) is 0 Å². The van der Waals surface area contributed by atoms with Crippen molar-refractivity contribution in [2.24, 2.45) is 5.10 Å². The van der Waals surface area contributed by atoms with Crippen molar-refractivity contribution < 1.29 is 14.3 Å². The number of hydrazone groups is 1. The molecule has 1 unspecified atom stereocenters. The van der Waals surface area contributed by atoms with Gasteiger partial charge in [0.05, 0.1) is 14.2 Å². The summed E-state index contributed by atoms with van der Waals surface area (Å²) in [5.41, 5.74) is 6.31. The van der Waals surface area contributed by atoms with E-state index < -0.39 is 0 Å². The number of benzene rings is 1. The van der Waals surface area contributed by atoms with E-state index in [1.54, 1.807) is 14.2 Å². The van der Waals surface area contributed by atoms with Gasteiger partial charge in [0.2, 0.25) is 5.91 Å². The first-order valence-corrected chi connectivity index (χ1v) is 12.0. The molecule has 1 aromatic rings. The second kappa shape index (κ2) is 12.7. The fraction of sp³-hybridized carbons (Fsp3) is 0.680. The van der Waals surface area contributed by atoms with Crippen molar-refractivity contribution >= 4 is 11.6 Å². The second-order valence-electron chi connectivity index (χ2n) is 8.76. The minimum Gasteiger partial charge on any atom is -0.493 e. The van der Waals surface area contributed by atoms with Crippen LogP contribution >= 0.6 is 0 Å². The van der Waals surface area contributed by atoms with Gasteiger partial charge in [-0.15, -0.1) is 0 Å². The summed E-state index contributed by atoms with van der Waals surface area (Å²) >= 11 is 0. The molecule has 0 aromatic heterocycles. The Morgan fingerprint density at radius 2 is 1.52 bits per heavy atom. The van der Waals surface area contributed by atoms with Crippen LogP contribution in [0.3, 0.4) is 0 Å². The molecule has 1 saturated carbocycles. The first-order valence-electron chi connectivity index (χ1n) is 12.0. The topological polar surface area (TPSA) is 72.0 Å². The summed E-state index contributed by atoms with van der Waals surface area (Å²) in [6.07, 6.45) is 14.9. The molecule has 0 spiro atoms. The first kappa shape index (κ1) is 23.6. The Bertz CT molecular complexity index is 734. The Morgan fingerprint density at radius 3 is 2.13 bits per heavy atom. The van der Waals surface area contributed by atoms with Gasteiger partial charge in [-0.3, -0.25) is 4.79 Å². The maximum Gasteiger partial charge on any atom is 0.241 e. The van der Waals surface area contributed by atoms with Crippen LogP contribution in [0.1, 0.15) is 94.2 Å². The van der Waals surface area contributed by atoms with E-state index >= 15 is 0 Å². The third-order valence-electron chi connectivity index (χ3n) is 6.46. The molecule has 1 heterocycles. The smallest absolute Gasteiger partial charge is 0.241 e. The van der Waals surface area contributed by atoms with Gasteiger partial charge in [-0.05, 0) is 61.9 Å². The zero-order chi connectivity index (χ0) is 21.9. The largest absolute Gasteiger partial charge is 0.493 e.